The third-order valence-electron chi connectivity index (χ3n) is 3.49. The maximum Gasteiger partial charge on any atom is 0.332 e. The molecule has 0 saturated heterocycles. The van der Waals surface area contributed by atoms with E-state index < -0.39 is 19.5 Å². The van der Waals surface area contributed by atoms with Crippen LogP contribution < -0.4 is 11.2 Å². The molecule has 0 spiro atoms. The van der Waals surface area contributed by atoms with Gasteiger partial charge < -0.3 is 14.0 Å². The second-order valence-electron chi connectivity index (χ2n) is 5.28. The molecular weight excluding hydrogens is 335 g/mol. The number of fused-ring (bicyclic) bond motifs is 1. The lowest BCUT2D eigenvalue weighted by molar-refractivity contribution is 0.272. The van der Waals surface area contributed by atoms with E-state index in [0.717, 1.165) is 4.57 Å². The number of nitrogens with zero attached hydrogens (tertiary/aromatic N) is 4. The van der Waals surface area contributed by atoms with E-state index in [2.05, 4.69) is 23.4 Å². The minimum atomic E-state index is -2.93. The lowest BCUT2D eigenvalue weighted by Gasteiger charge is -2.06. The first-order valence-corrected chi connectivity index (χ1v) is 9.08. The number of imidazole rings is 1. The Morgan fingerprint density at radius 2 is 1.83 bits per heavy atom. The summed E-state index contributed by atoms with van der Waals surface area (Å²) < 4.78 is 18.9. The van der Waals surface area contributed by atoms with Crippen LogP contribution in [0.25, 0.3) is 11.2 Å². The number of rotatable bonds is 6. The van der Waals surface area contributed by atoms with Gasteiger partial charge in [-0.25, -0.2) is 9.78 Å². The molecule has 136 valence electrons. The third-order valence-corrected chi connectivity index (χ3v) is 3.94. The van der Waals surface area contributed by atoms with Crippen LogP contribution in [0.3, 0.4) is 0 Å². The summed E-state index contributed by atoms with van der Waals surface area (Å²) in [5, 5.41) is 0. The molecule has 1 unspecified atom stereocenters. The number of aryl methyl sites for hydroxylation is 2. The SMILES string of the molecule is CCCC.Cn1c(=O)c2c(ncn2CCCO[PH](=O)O)n(C)c1=O. The molecule has 0 aliphatic heterocycles. The first-order chi connectivity index (χ1) is 11.3. The van der Waals surface area contributed by atoms with Crippen LogP contribution in [0.5, 0.6) is 0 Å². The van der Waals surface area contributed by atoms with Crippen molar-refractivity contribution in [3.05, 3.63) is 27.2 Å². The molecule has 1 atom stereocenters. The Labute approximate surface area is 140 Å². The topological polar surface area (TPSA) is 108 Å². The van der Waals surface area contributed by atoms with Gasteiger partial charge in [-0.3, -0.25) is 18.5 Å². The Morgan fingerprint density at radius 3 is 2.38 bits per heavy atom. The lowest BCUT2D eigenvalue weighted by atomic mass is 10.4. The molecule has 0 aliphatic carbocycles. The average molecular weight is 360 g/mol. The number of unbranched alkanes of at least 4 members (excludes halogenated alkanes) is 1. The van der Waals surface area contributed by atoms with E-state index in [-0.39, 0.29) is 6.61 Å². The molecule has 0 radical (unpaired) electrons. The molecule has 2 aromatic rings. The zero-order valence-corrected chi connectivity index (χ0v) is 15.5. The summed E-state index contributed by atoms with van der Waals surface area (Å²) in [7, 11) is 0.0190. The first-order valence-electron chi connectivity index (χ1n) is 7.81. The molecule has 1 N–H and O–H groups in total. The van der Waals surface area contributed by atoms with Crippen LogP contribution >= 0.6 is 8.25 Å². The monoisotopic (exact) mass is 360 g/mol. The highest BCUT2D eigenvalue weighted by Gasteiger charge is 2.13. The van der Waals surface area contributed by atoms with Crippen molar-refractivity contribution in [2.45, 2.75) is 39.7 Å². The summed E-state index contributed by atoms with van der Waals surface area (Å²) in [6.07, 6.45) is 4.56. The molecular formula is C14H25N4O5P. The van der Waals surface area contributed by atoms with Crippen molar-refractivity contribution in [1.29, 1.82) is 0 Å². The largest absolute Gasteiger partial charge is 0.332 e. The van der Waals surface area contributed by atoms with Crippen molar-refractivity contribution >= 4 is 19.4 Å². The van der Waals surface area contributed by atoms with Crippen LogP contribution in [0.4, 0.5) is 0 Å². The van der Waals surface area contributed by atoms with Gasteiger partial charge in [-0.1, -0.05) is 26.7 Å². The zero-order chi connectivity index (χ0) is 18.3. The number of hydrogen-bond acceptors (Lipinski definition) is 5. The Kier molecular flexibility index (Phi) is 8.10. The van der Waals surface area contributed by atoms with Crippen LogP contribution in [-0.2, 0) is 29.7 Å². The summed E-state index contributed by atoms with van der Waals surface area (Å²) in [5.41, 5.74) is -0.215. The fourth-order valence-electron chi connectivity index (χ4n) is 1.96. The van der Waals surface area contributed by atoms with E-state index in [1.165, 1.54) is 30.8 Å². The fourth-order valence-corrected chi connectivity index (χ4v) is 2.28. The highest BCUT2D eigenvalue weighted by atomic mass is 31.1. The number of hydrogen-bond donors (Lipinski definition) is 1. The normalized spacial score (nSPS) is 12.0. The van der Waals surface area contributed by atoms with Gasteiger partial charge in [0, 0.05) is 20.6 Å². The second kappa shape index (κ2) is 9.56. The van der Waals surface area contributed by atoms with Crippen LogP contribution in [0.2, 0.25) is 0 Å². The highest BCUT2D eigenvalue weighted by molar-refractivity contribution is 7.32. The van der Waals surface area contributed by atoms with E-state index >= 15 is 0 Å². The smallest absolute Gasteiger partial charge is 0.326 e. The second-order valence-corrected chi connectivity index (χ2v) is 6.10. The van der Waals surface area contributed by atoms with Crippen molar-refractivity contribution in [2.24, 2.45) is 14.1 Å². The molecule has 2 aromatic heterocycles. The van der Waals surface area contributed by atoms with Gasteiger partial charge in [0.15, 0.2) is 11.2 Å². The maximum atomic E-state index is 12.1. The zero-order valence-electron chi connectivity index (χ0n) is 14.5. The van der Waals surface area contributed by atoms with Crippen molar-refractivity contribution < 1.29 is 14.0 Å². The fraction of sp³-hybridized carbons (Fsp3) is 0.643. The lowest BCUT2D eigenvalue weighted by Crippen LogP contribution is -2.37. The average Bonchev–Trinajstić information content (AvgIpc) is 2.99. The molecule has 0 saturated carbocycles. The van der Waals surface area contributed by atoms with Crippen LogP contribution in [-0.4, -0.2) is 30.2 Å². The van der Waals surface area contributed by atoms with E-state index in [9.17, 15) is 14.2 Å². The summed E-state index contributed by atoms with van der Waals surface area (Å²) >= 11 is 0. The van der Waals surface area contributed by atoms with E-state index in [4.69, 9.17) is 4.89 Å². The third kappa shape index (κ3) is 4.90. The highest BCUT2D eigenvalue weighted by Crippen LogP contribution is 2.14. The van der Waals surface area contributed by atoms with E-state index in [1.807, 2.05) is 0 Å². The molecule has 24 heavy (non-hydrogen) atoms. The predicted octanol–water partition coefficient (Wildman–Crippen LogP) is 1.03. The molecule has 9 nitrogen and oxygen atoms in total. The van der Waals surface area contributed by atoms with Gasteiger partial charge in [0.05, 0.1) is 12.9 Å². The van der Waals surface area contributed by atoms with Gasteiger partial charge in [-0.2, -0.15) is 0 Å². The first kappa shape index (κ1) is 20.3. The summed E-state index contributed by atoms with van der Waals surface area (Å²) in [5.74, 6) is 0. The molecule has 0 fully saturated rings. The van der Waals surface area contributed by atoms with Crippen LogP contribution in [0.1, 0.15) is 33.1 Å². The summed E-state index contributed by atoms with van der Waals surface area (Å²) in [6.45, 7) is 4.87. The summed E-state index contributed by atoms with van der Waals surface area (Å²) in [4.78, 5) is 36.4. The van der Waals surface area contributed by atoms with Gasteiger partial charge in [-0.15, -0.1) is 0 Å². The Morgan fingerprint density at radius 1 is 1.21 bits per heavy atom. The van der Waals surface area contributed by atoms with Gasteiger partial charge in [0.1, 0.15) is 0 Å². The predicted molar refractivity (Wildman–Crippen MR) is 92.6 cm³/mol. The Balaban J connectivity index is 0.000000648. The molecule has 0 amide bonds. The van der Waals surface area contributed by atoms with Crippen molar-refractivity contribution in [1.82, 2.24) is 18.7 Å². The van der Waals surface area contributed by atoms with E-state index in [1.54, 1.807) is 11.6 Å². The minimum Gasteiger partial charge on any atom is -0.326 e. The molecule has 0 aliphatic rings. The minimum absolute atomic E-state index is 0.111. The molecule has 0 aromatic carbocycles. The molecule has 0 bridgehead atoms. The van der Waals surface area contributed by atoms with Gasteiger partial charge in [0.25, 0.3) is 5.56 Å². The Bertz CT molecular complexity index is 806. The van der Waals surface area contributed by atoms with Crippen LogP contribution in [0.15, 0.2) is 15.9 Å². The quantitative estimate of drug-likeness (QED) is 0.609. The standard InChI is InChI=1S/C10H15N4O5P.C4H10/c1-12-8-7(9(15)13(2)10(12)16)14(6-11-8)4-3-5-19-20(17)18;1-3-4-2/h6,20H,3-5H2,1-2H3,(H,17,18);3-4H2,1-2H3. The van der Waals surface area contributed by atoms with Crippen molar-refractivity contribution in [2.75, 3.05) is 6.61 Å². The van der Waals surface area contributed by atoms with Crippen molar-refractivity contribution in [3.8, 4) is 0 Å². The summed E-state index contributed by atoms with van der Waals surface area (Å²) in [6, 6.07) is 0. The van der Waals surface area contributed by atoms with Gasteiger partial charge in [-0.05, 0) is 6.42 Å². The van der Waals surface area contributed by atoms with Gasteiger partial charge in [0.2, 0.25) is 0 Å². The molecule has 10 heteroatoms. The molecule has 2 heterocycles. The Hall–Kier alpha value is -1.70. The van der Waals surface area contributed by atoms with Gasteiger partial charge >= 0.3 is 13.9 Å². The van der Waals surface area contributed by atoms with Crippen molar-refractivity contribution in [3.63, 3.8) is 0 Å². The molecule has 2 rings (SSSR count). The van der Waals surface area contributed by atoms with Crippen LogP contribution in [0, 0.1) is 0 Å². The van der Waals surface area contributed by atoms with E-state index in [0.29, 0.717) is 24.1 Å². The number of aromatic nitrogens is 4. The maximum absolute atomic E-state index is 12.1.